The summed E-state index contributed by atoms with van der Waals surface area (Å²) in [5.41, 5.74) is 2.40. The Morgan fingerprint density at radius 3 is 1.35 bits per heavy atom. The molecule has 27 heteroatoms. The number of nitrogens with one attached hydrogen (secondary N) is 2. The number of alkyl halides is 6. The van der Waals surface area contributed by atoms with Crippen molar-refractivity contribution in [2.24, 2.45) is 0 Å². The number of halogens is 6. The van der Waals surface area contributed by atoms with Crippen LogP contribution in [0, 0.1) is 0 Å². The van der Waals surface area contributed by atoms with E-state index in [1.165, 1.54) is 32.9 Å². The minimum atomic E-state index is -4.44. The Morgan fingerprint density at radius 2 is 1.01 bits per heavy atom. The molecule has 0 aromatic heterocycles. The number of carbonyl (C=O) groups excluding carboxylic acids is 2. The molecule has 5 aliphatic rings. The van der Waals surface area contributed by atoms with Crippen LogP contribution in [0.3, 0.4) is 0 Å². The summed E-state index contributed by atoms with van der Waals surface area (Å²) in [6, 6.07) is 8.79. The van der Waals surface area contributed by atoms with E-state index < -0.39 is 71.1 Å². The molecule has 7 rings (SSSR count). The molecule has 19 nitrogen and oxygen atoms in total. The summed E-state index contributed by atoms with van der Waals surface area (Å²) in [6.45, 7) is 4.74. The molecule has 74 heavy (non-hydrogen) atoms. The molecular formula is C47H68F6N6O13S2. The minimum Gasteiger partial charge on any atom is -0.490 e. The van der Waals surface area contributed by atoms with Crippen LogP contribution in [0.5, 0.6) is 11.5 Å². The first-order chi connectivity index (χ1) is 35.1. The Hall–Kier alpha value is -3.90. The first kappa shape index (κ1) is 59.3. The molecule has 2 amide bonds. The third-order valence-electron chi connectivity index (χ3n) is 14.3. The number of nitrogens with zero attached hydrogens (tertiary/aromatic N) is 4. The molecular weight excluding hydrogens is 1030 g/mol. The highest BCUT2D eigenvalue weighted by Gasteiger charge is 2.57. The maximum Gasteiger partial charge on any atom is 0.416 e. The number of hydrogen-bond donors (Lipinski definition) is 3. The van der Waals surface area contributed by atoms with E-state index in [1.807, 2.05) is 4.90 Å². The highest BCUT2D eigenvalue weighted by atomic mass is 32.2. The number of sulfonamides is 2. The Kier molecular flexibility index (Phi) is 20.8. The van der Waals surface area contributed by atoms with E-state index in [0.29, 0.717) is 91.2 Å². The molecule has 2 aromatic rings. The summed E-state index contributed by atoms with van der Waals surface area (Å²) in [6.07, 6.45) is -6.24. The van der Waals surface area contributed by atoms with Gasteiger partial charge in [0.2, 0.25) is 20.0 Å². The van der Waals surface area contributed by atoms with Gasteiger partial charge in [-0.3, -0.25) is 14.8 Å². The Morgan fingerprint density at radius 1 is 0.622 bits per heavy atom. The van der Waals surface area contributed by atoms with Gasteiger partial charge in [-0.05, 0) is 113 Å². The lowest BCUT2D eigenvalue weighted by Gasteiger charge is -2.43. The predicted molar refractivity (Wildman–Crippen MR) is 254 cm³/mol. The molecule has 0 aliphatic carbocycles. The fourth-order valence-electron chi connectivity index (χ4n) is 9.74. The van der Waals surface area contributed by atoms with E-state index in [-0.39, 0.29) is 75.6 Å². The van der Waals surface area contributed by atoms with E-state index in [4.69, 9.17) is 28.5 Å². The second-order valence-electron chi connectivity index (χ2n) is 18.9. The van der Waals surface area contributed by atoms with Gasteiger partial charge in [-0.2, -0.15) is 26.3 Å². The fourth-order valence-corrected chi connectivity index (χ4v) is 14.1. The zero-order valence-corrected chi connectivity index (χ0v) is 43.2. The Balaban J connectivity index is 0.000000244. The van der Waals surface area contributed by atoms with Gasteiger partial charge in [0.25, 0.3) is 11.8 Å². The average molecular weight is 1100 g/mol. The number of amides is 2. The number of hydroxylamine groups is 2. The quantitative estimate of drug-likeness (QED) is 0.104. The largest absolute Gasteiger partial charge is 0.490 e. The molecule has 5 saturated heterocycles. The van der Waals surface area contributed by atoms with Gasteiger partial charge in [0.15, 0.2) is 15.8 Å². The zero-order chi connectivity index (χ0) is 53.8. The standard InChI is InChI=1S/C26H38F3N3O7S.C21H30F3N3O6S/c1-36-19-17-31-15-11-25(12-16-31,24(33)30-39-23-4-2-3-18-37-23)40(34,35)32-13-9-22(10-14-32)38-21-7-5-20(6-8-21)26(27,28)29;1-32-15-14-26-12-8-20(9-13-26,19(28)25-29)34(30,31)27-10-6-18(7-11-27)33-17-4-2-16(3-5-17)21(22,23)24/h5-8,22-23H,2-4,9-19H2,1H3,(H,30,33);2-5,18,29H,6-15H2,1H3,(H,25,28). The van der Waals surface area contributed by atoms with Crippen LogP contribution < -0.4 is 20.4 Å². The predicted octanol–water partition coefficient (Wildman–Crippen LogP) is 4.80. The van der Waals surface area contributed by atoms with Crippen LogP contribution in [-0.2, 0) is 61.0 Å². The highest BCUT2D eigenvalue weighted by Crippen LogP contribution is 2.38. The van der Waals surface area contributed by atoms with Crippen LogP contribution >= 0.6 is 0 Å². The van der Waals surface area contributed by atoms with Crippen LogP contribution in [0.15, 0.2) is 48.5 Å². The third-order valence-corrected chi connectivity index (χ3v) is 19.6. The molecule has 0 radical (unpaired) electrons. The van der Waals surface area contributed by atoms with Crippen molar-refractivity contribution in [3.8, 4) is 11.5 Å². The summed E-state index contributed by atoms with van der Waals surface area (Å²) < 4.78 is 158. The maximum absolute atomic E-state index is 14.1. The van der Waals surface area contributed by atoms with Gasteiger partial charge < -0.3 is 33.5 Å². The first-order valence-electron chi connectivity index (χ1n) is 24.7. The lowest BCUT2D eigenvalue weighted by atomic mass is 9.95. The number of methoxy groups -OCH3 is 2. The molecule has 5 fully saturated rings. The first-order valence-corrected chi connectivity index (χ1v) is 27.6. The third kappa shape index (κ3) is 14.6. The summed E-state index contributed by atoms with van der Waals surface area (Å²) >= 11 is 0. The van der Waals surface area contributed by atoms with Gasteiger partial charge in [0.05, 0.1) is 24.3 Å². The van der Waals surface area contributed by atoms with Crippen molar-refractivity contribution in [3.05, 3.63) is 59.7 Å². The highest BCUT2D eigenvalue weighted by molar-refractivity contribution is 7.91. The van der Waals surface area contributed by atoms with E-state index in [2.05, 4.69) is 10.4 Å². The number of benzene rings is 2. The Labute approximate surface area is 428 Å². The van der Waals surface area contributed by atoms with Crippen molar-refractivity contribution < 1.29 is 86.5 Å². The second kappa shape index (κ2) is 26.0. The lowest BCUT2D eigenvalue weighted by molar-refractivity contribution is -0.202. The van der Waals surface area contributed by atoms with Crippen LogP contribution in [0.4, 0.5) is 26.3 Å². The number of ether oxygens (including phenoxy) is 5. The van der Waals surface area contributed by atoms with Gasteiger partial charge in [0.1, 0.15) is 23.7 Å². The molecule has 5 aliphatic heterocycles. The van der Waals surface area contributed by atoms with E-state index in [1.54, 1.807) is 19.7 Å². The lowest BCUT2D eigenvalue weighted by Crippen LogP contribution is -2.63. The molecule has 418 valence electrons. The van der Waals surface area contributed by atoms with Gasteiger partial charge in [0, 0.05) is 92.7 Å². The smallest absolute Gasteiger partial charge is 0.416 e. The second-order valence-corrected chi connectivity index (χ2v) is 23.4. The van der Waals surface area contributed by atoms with E-state index in [9.17, 15) is 58.0 Å². The molecule has 0 bridgehead atoms. The SMILES string of the molecule is COCCN1CCC(C(=O)NO)(S(=O)(=O)N2CCC(Oc3ccc(C(F)(F)F)cc3)CC2)CC1.COCCN1CCC(C(=O)NOC2CCCCO2)(S(=O)(=O)N2CCC(Oc3ccc(C(F)(F)F)cc3)CC2)CC1. The number of rotatable bonds is 18. The maximum atomic E-state index is 14.1. The molecule has 0 saturated carbocycles. The summed E-state index contributed by atoms with van der Waals surface area (Å²) in [7, 11) is -5.03. The normalized spacial score (nSPS) is 22.3. The minimum absolute atomic E-state index is 0.0351. The number of hydrogen-bond acceptors (Lipinski definition) is 15. The number of likely N-dealkylation sites (tertiary alicyclic amines) is 2. The van der Waals surface area contributed by atoms with Gasteiger partial charge in [-0.25, -0.2) is 41.2 Å². The van der Waals surface area contributed by atoms with Crippen LogP contribution in [0.1, 0.15) is 81.8 Å². The zero-order valence-electron chi connectivity index (χ0n) is 41.5. The van der Waals surface area contributed by atoms with Gasteiger partial charge in [-0.1, -0.05) is 0 Å². The monoisotopic (exact) mass is 1100 g/mol. The molecule has 5 heterocycles. The van der Waals surface area contributed by atoms with Crippen LogP contribution in [0.2, 0.25) is 0 Å². The molecule has 2 aromatic carbocycles. The van der Waals surface area contributed by atoms with E-state index in [0.717, 1.165) is 37.1 Å². The molecule has 3 N–H and O–H groups in total. The molecule has 0 spiro atoms. The average Bonchev–Trinajstić information content (AvgIpc) is 3.39. The van der Waals surface area contributed by atoms with Crippen molar-refractivity contribution in [2.75, 3.05) is 99.5 Å². The van der Waals surface area contributed by atoms with Gasteiger partial charge >= 0.3 is 12.4 Å². The van der Waals surface area contributed by atoms with Crippen molar-refractivity contribution in [1.82, 2.24) is 29.4 Å². The van der Waals surface area contributed by atoms with E-state index >= 15 is 0 Å². The summed E-state index contributed by atoms with van der Waals surface area (Å²) in [5.74, 6) is -1.08. The summed E-state index contributed by atoms with van der Waals surface area (Å²) in [4.78, 5) is 35.7. The van der Waals surface area contributed by atoms with Gasteiger partial charge in [-0.15, -0.1) is 0 Å². The topological polar surface area (TPSA) is 215 Å². The fraction of sp³-hybridized carbons (Fsp3) is 0.702. The molecule has 1 unspecified atom stereocenters. The number of carbonyl (C=O) groups is 2. The van der Waals surface area contributed by atoms with Crippen LogP contribution in [-0.4, -0.2) is 180 Å². The van der Waals surface area contributed by atoms with Crippen molar-refractivity contribution in [3.63, 3.8) is 0 Å². The van der Waals surface area contributed by atoms with Crippen molar-refractivity contribution >= 4 is 31.9 Å². The van der Waals surface area contributed by atoms with Crippen LogP contribution in [0.25, 0.3) is 0 Å². The summed E-state index contributed by atoms with van der Waals surface area (Å²) in [5, 5.41) is 9.29. The van der Waals surface area contributed by atoms with Crippen molar-refractivity contribution in [2.45, 2.75) is 111 Å². The van der Waals surface area contributed by atoms with Crippen molar-refractivity contribution in [1.29, 1.82) is 0 Å². The molecule has 1 atom stereocenters. The number of piperidine rings is 4. The Bertz CT molecular complexity index is 2320.